The third kappa shape index (κ3) is 3.39. The Balaban J connectivity index is 2.92. The summed E-state index contributed by atoms with van der Waals surface area (Å²) in [5.74, 6) is 0.198. The number of pyridine rings is 1. The highest BCUT2D eigenvalue weighted by molar-refractivity contribution is 5.59. The van der Waals surface area contributed by atoms with Crippen molar-refractivity contribution in [3.05, 3.63) is 27.9 Å². The number of nitrogens with one attached hydrogen (secondary N) is 1. The van der Waals surface area contributed by atoms with E-state index in [0.29, 0.717) is 12.0 Å². The standard InChI is InChI=1S/C11H17N3O3/c1-4-11(3,15)7-13-10-9(14(16)17)8(2)5-6-12-10/h5-6,15H,4,7H2,1-3H3,(H,12,13). The van der Waals surface area contributed by atoms with Gasteiger partial charge in [0.25, 0.3) is 0 Å². The first kappa shape index (κ1) is 13.4. The van der Waals surface area contributed by atoms with Crippen LogP contribution in [0.1, 0.15) is 25.8 Å². The van der Waals surface area contributed by atoms with Crippen LogP contribution in [-0.4, -0.2) is 27.2 Å². The van der Waals surface area contributed by atoms with E-state index < -0.39 is 10.5 Å². The number of aryl methyl sites for hydroxylation is 1. The summed E-state index contributed by atoms with van der Waals surface area (Å²) < 4.78 is 0. The molecule has 0 fully saturated rings. The van der Waals surface area contributed by atoms with Gasteiger partial charge in [-0.25, -0.2) is 4.98 Å². The van der Waals surface area contributed by atoms with E-state index in [0.717, 1.165) is 0 Å². The van der Waals surface area contributed by atoms with Gasteiger partial charge in [-0.05, 0) is 26.3 Å². The largest absolute Gasteiger partial charge is 0.388 e. The van der Waals surface area contributed by atoms with Gasteiger partial charge in [0.15, 0.2) is 0 Å². The van der Waals surface area contributed by atoms with E-state index in [4.69, 9.17) is 0 Å². The molecule has 0 radical (unpaired) electrons. The Morgan fingerprint density at radius 3 is 2.82 bits per heavy atom. The fourth-order valence-corrected chi connectivity index (χ4v) is 1.31. The molecule has 0 saturated carbocycles. The topological polar surface area (TPSA) is 88.3 Å². The number of hydrogen-bond donors (Lipinski definition) is 2. The summed E-state index contributed by atoms with van der Waals surface area (Å²) in [6.07, 6.45) is 2.06. The van der Waals surface area contributed by atoms with E-state index in [9.17, 15) is 15.2 Å². The zero-order valence-electron chi connectivity index (χ0n) is 10.2. The van der Waals surface area contributed by atoms with Gasteiger partial charge < -0.3 is 10.4 Å². The van der Waals surface area contributed by atoms with Crippen molar-refractivity contribution in [2.75, 3.05) is 11.9 Å². The predicted octanol–water partition coefficient (Wildman–Crippen LogP) is 1.87. The molecule has 0 aromatic carbocycles. The van der Waals surface area contributed by atoms with E-state index >= 15 is 0 Å². The maximum atomic E-state index is 10.9. The first-order valence-corrected chi connectivity index (χ1v) is 5.43. The van der Waals surface area contributed by atoms with E-state index in [1.165, 1.54) is 6.20 Å². The van der Waals surface area contributed by atoms with Crippen molar-refractivity contribution in [3.63, 3.8) is 0 Å². The average molecular weight is 239 g/mol. The van der Waals surface area contributed by atoms with Crippen LogP contribution in [0.25, 0.3) is 0 Å². The van der Waals surface area contributed by atoms with E-state index in [1.807, 2.05) is 6.92 Å². The van der Waals surface area contributed by atoms with Crippen molar-refractivity contribution in [2.45, 2.75) is 32.8 Å². The summed E-state index contributed by atoms with van der Waals surface area (Å²) in [5, 5.41) is 23.5. The highest BCUT2D eigenvalue weighted by Crippen LogP contribution is 2.25. The molecule has 6 heteroatoms. The van der Waals surface area contributed by atoms with Gasteiger partial charge in [-0.15, -0.1) is 0 Å². The summed E-state index contributed by atoms with van der Waals surface area (Å²) in [6, 6.07) is 1.58. The lowest BCUT2D eigenvalue weighted by molar-refractivity contribution is -0.384. The Kier molecular flexibility index (Phi) is 4.01. The fourth-order valence-electron chi connectivity index (χ4n) is 1.31. The molecule has 17 heavy (non-hydrogen) atoms. The van der Waals surface area contributed by atoms with Gasteiger partial charge in [-0.2, -0.15) is 0 Å². The Bertz CT molecular complexity index is 418. The quantitative estimate of drug-likeness (QED) is 0.605. The van der Waals surface area contributed by atoms with Gasteiger partial charge >= 0.3 is 5.69 Å². The number of nitro groups is 1. The van der Waals surface area contributed by atoms with Crippen molar-refractivity contribution in [3.8, 4) is 0 Å². The van der Waals surface area contributed by atoms with Crippen LogP contribution in [0.4, 0.5) is 11.5 Å². The lowest BCUT2D eigenvalue weighted by atomic mass is 10.0. The molecule has 1 heterocycles. The molecule has 94 valence electrons. The van der Waals surface area contributed by atoms with Gasteiger partial charge in [0, 0.05) is 18.3 Å². The second-order valence-corrected chi connectivity index (χ2v) is 4.29. The van der Waals surface area contributed by atoms with Gasteiger partial charge in [0.2, 0.25) is 5.82 Å². The molecule has 1 atom stereocenters. The summed E-state index contributed by atoms with van der Waals surface area (Å²) in [6.45, 7) is 5.39. The van der Waals surface area contributed by atoms with Crippen LogP contribution in [-0.2, 0) is 0 Å². The van der Waals surface area contributed by atoms with Crippen LogP contribution in [0.2, 0.25) is 0 Å². The van der Waals surface area contributed by atoms with E-state index in [1.54, 1.807) is 19.9 Å². The molecule has 0 saturated heterocycles. The van der Waals surface area contributed by atoms with Crippen LogP contribution in [0.15, 0.2) is 12.3 Å². The minimum Gasteiger partial charge on any atom is -0.388 e. The highest BCUT2D eigenvalue weighted by Gasteiger charge is 2.22. The number of nitrogens with zero attached hydrogens (tertiary/aromatic N) is 2. The lowest BCUT2D eigenvalue weighted by Crippen LogP contribution is -2.32. The molecule has 0 aliphatic rings. The average Bonchev–Trinajstić information content (AvgIpc) is 2.26. The van der Waals surface area contributed by atoms with E-state index in [2.05, 4.69) is 10.3 Å². The molecule has 0 aliphatic heterocycles. The zero-order valence-corrected chi connectivity index (χ0v) is 10.2. The van der Waals surface area contributed by atoms with Crippen molar-refractivity contribution < 1.29 is 10.0 Å². The third-order valence-electron chi connectivity index (χ3n) is 2.71. The first-order valence-electron chi connectivity index (χ1n) is 5.43. The third-order valence-corrected chi connectivity index (χ3v) is 2.71. The molecule has 0 aliphatic carbocycles. The SMILES string of the molecule is CCC(C)(O)CNc1nccc(C)c1[N+](=O)[O-]. The van der Waals surface area contributed by atoms with Gasteiger partial charge in [-0.1, -0.05) is 6.92 Å². The second-order valence-electron chi connectivity index (χ2n) is 4.29. The highest BCUT2D eigenvalue weighted by atomic mass is 16.6. The zero-order chi connectivity index (χ0) is 13.1. The van der Waals surface area contributed by atoms with Gasteiger partial charge in [-0.3, -0.25) is 10.1 Å². The van der Waals surface area contributed by atoms with Crippen LogP contribution in [0.3, 0.4) is 0 Å². The minimum atomic E-state index is -0.903. The van der Waals surface area contributed by atoms with Crippen LogP contribution in [0, 0.1) is 17.0 Å². The molecular weight excluding hydrogens is 222 g/mol. The number of aromatic nitrogens is 1. The van der Waals surface area contributed by atoms with Crippen LogP contribution >= 0.6 is 0 Å². The Hall–Kier alpha value is -1.69. The van der Waals surface area contributed by atoms with Crippen molar-refractivity contribution >= 4 is 11.5 Å². The molecule has 2 N–H and O–H groups in total. The minimum absolute atomic E-state index is 0.0422. The maximum absolute atomic E-state index is 10.9. The molecule has 0 spiro atoms. The Labute approximate surface area is 99.8 Å². The molecule has 1 aromatic heterocycles. The second kappa shape index (κ2) is 5.09. The normalized spacial score (nSPS) is 14.1. The molecule has 6 nitrogen and oxygen atoms in total. The number of anilines is 1. The lowest BCUT2D eigenvalue weighted by Gasteiger charge is -2.21. The molecule has 1 aromatic rings. The molecule has 1 rings (SSSR count). The Morgan fingerprint density at radius 1 is 1.65 bits per heavy atom. The summed E-state index contributed by atoms with van der Waals surface area (Å²) in [7, 11) is 0. The first-order chi connectivity index (χ1) is 7.87. The molecular formula is C11H17N3O3. The summed E-state index contributed by atoms with van der Waals surface area (Å²) in [5.41, 5.74) is -0.401. The molecule has 1 unspecified atom stereocenters. The summed E-state index contributed by atoms with van der Waals surface area (Å²) in [4.78, 5) is 14.4. The predicted molar refractivity (Wildman–Crippen MR) is 65.0 cm³/mol. The van der Waals surface area contributed by atoms with Crippen LogP contribution < -0.4 is 5.32 Å². The van der Waals surface area contributed by atoms with Gasteiger partial charge in [0.1, 0.15) is 0 Å². The van der Waals surface area contributed by atoms with E-state index in [-0.39, 0.29) is 18.1 Å². The summed E-state index contributed by atoms with van der Waals surface area (Å²) >= 11 is 0. The monoisotopic (exact) mass is 239 g/mol. The van der Waals surface area contributed by atoms with Crippen molar-refractivity contribution in [1.82, 2.24) is 4.98 Å². The maximum Gasteiger partial charge on any atom is 0.314 e. The van der Waals surface area contributed by atoms with Crippen molar-refractivity contribution in [1.29, 1.82) is 0 Å². The van der Waals surface area contributed by atoms with Crippen LogP contribution in [0.5, 0.6) is 0 Å². The molecule has 0 amide bonds. The molecule has 0 bridgehead atoms. The Morgan fingerprint density at radius 2 is 2.29 bits per heavy atom. The van der Waals surface area contributed by atoms with Gasteiger partial charge in [0.05, 0.1) is 10.5 Å². The number of rotatable bonds is 5. The number of aliphatic hydroxyl groups is 1. The van der Waals surface area contributed by atoms with Crippen molar-refractivity contribution in [2.24, 2.45) is 0 Å². The number of hydrogen-bond acceptors (Lipinski definition) is 5. The fraction of sp³-hybridized carbons (Fsp3) is 0.545. The smallest absolute Gasteiger partial charge is 0.314 e.